The third-order valence-electron chi connectivity index (χ3n) is 1.85. The van der Waals surface area contributed by atoms with E-state index in [1.807, 2.05) is 25.3 Å². The standard InChI is InChI=1S/C11H14N2/c1-8(2)11(7-12)6-10-4-5-13-9(10)3/h4-7,13H,1,3,12H2,2H3/b10-6-,11-7+. The molecule has 0 fully saturated rings. The number of H-pyrrole nitrogens is 1. The summed E-state index contributed by atoms with van der Waals surface area (Å²) in [4.78, 5) is 3.00. The summed E-state index contributed by atoms with van der Waals surface area (Å²) in [7, 11) is 0. The Morgan fingerprint density at radius 2 is 2.31 bits per heavy atom. The molecule has 2 nitrogen and oxygen atoms in total. The van der Waals surface area contributed by atoms with Gasteiger partial charge in [-0.05, 0) is 35.4 Å². The summed E-state index contributed by atoms with van der Waals surface area (Å²) in [6.45, 7) is 9.59. The summed E-state index contributed by atoms with van der Waals surface area (Å²) < 4.78 is 0. The van der Waals surface area contributed by atoms with Crippen LogP contribution in [0.5, 0.6) is 0 Å². The zero-order valence-electron chi connectivity index (χ0n) is 7.80. The molecular formula is C11H14N2. The van der Waals surface area contributed by atoms with E-state index in [2.05, 4.69) is 18.1 Å². The average molecular weight is 174 g/mol. The van der Waals surface area contributed by atoms with Crippen LogP contribution in [0, 0.1) is 0 Å². The first-order chi connectivity index (χ1) is 6.15. The predicted molar refractivity (Wildman–Crippen MR) is 57.1 cm³/mol. The topological polar surface area (TPSA) is 41.8 Å². The Hall–Kier alpha value is -1.70. The Kier molecular flexibility index (Phi) is 2.75. The molecule has 0 aliphatic heterocycles. The van der Waals surface area contributed by atoms with Crippen LogP contribution < -0.4 is 16.3 Å². The lowest BCUT2D eigenvalue weighted by atomic mass is 10.1. The summed E-state index contributed by atoms with van der Waals surface area (Å²) in [5.74, 6) is 0. The molecule has 0 aliphatic carbocycles. The summed E-state index contributed by atoms with van der Waals surface area (Å²) in [5, 5.41) is 1.93. The van der Waals surface area contributed by atoms with Gasteiger partial charge in [0.05, 0.1) is 0 Å². The molecule has 2 heteroatoms. The van der Waals surface area contributed by atoms with Gasteiger partial charge in [-0.3, -0.25) is 0 Å². The monoisotopic (exact) mass is 174 g/mol. The maximum atomic E-state index is 5.46. The maximum absolute atomic E-state index is 5.46. The smallest absolute Gasteiger partial charge is 0.0381 e. The predicted octanol–water partition coefficient (Wildman–Crippen LogP) is 0.624. The fraction of sp³-hybridized carbons (Fsp3) is 0.0909. The second-order valence-corrected chi connectivity index (χ2v) is 2.96. The van der Waals surface area contributed by atoms with E-state index in [1.54, 1.807) is 6.20 Å². The Labute approximate surface area is 77.8 Å². The number of nitrogens with one attached hydrogen (secondary N) is 1. The van der Waals surface area contributed by atoms with Crippen molar-refractivity contribution < 1.29 is 0 Å². The highest BCUT2D eigenvalue weighted by Gasteiger charge is 1.92. The molecule has 0 radical (unpaired) electrons. The van der Waals surface area contributed by atoms with Gasteiger partial charge in [-0.25, -0.2) is 0 Å². The van der Waals surface area contributed by atoms with Crippen molar-refractivity contribution in [3.05, 3.63) is 46.8 Å². The first-order valence-corrected chi connectivity index (χ1v) is 4.07. The van der Waals surface area contributed by atoms with Crippen molar-refractivity contribution in [1.29, 1.82) is 0 Å². The van der Waals surface area contributed by atoms with Gasteiger partial charge in [0.25, 0.3) is 0 Å². The van der Waals surface area contributed by atoms with Crippen molar-refractivity contribution in [2.45, 2.75) is 6.92 Å². The van der Waals surface area contributed by atoms with Crippen molar-refractivity contribution in [1.82, 2.24) is 4.98 Å². The molecule has 68 valence electrons. The van der Waals surface area contributed by atoms with Crippen LogP contribution in [0.15, 0.2) is 36.2 Å². The third kappa shape index (κ3) is 2.12. The van der Waals surface area contributed by atoms with Crippen LogP contribution in [-0.4, -0.2) is 4.98 Å². The van der Waals surface area contributed by atoms with E-state index in [9.17, 15) is 0 Å². The number of rotatable bonds is 2. The van der Waals surface area contributed by atoms with Gasteiger partial charge < -0.3 is 10.7 Å². The molecule has 0 atom stereocenters. The van der Waals surface area contributed by atoms with Crippen LogP contribution >= 0.6 is 0 Å². The lowest BCUT2D eigenvalue weighted by Gasteiger charge is -1.96. The minimum Gasteiger partial charge on any atom is -0.404 e. The van der Waals surface area contributed by atoms with Crippen molar-refractivity contribution in [2.24, 2.45) is 5.73 Å². The largest absolute Gasteiger partial charge is 0.404 e. The maximum Gasteiger partial charge on any atom is 0.0381 e. The highest BCUT2D eigenvalue weighted by molar-refractivity contribution is 5.55. The molecule has 1 rings (SSSR count). The van der Waals surface area contributed by atoms with E-state index in [0.717, 1.165) is 21.7 Å². The van der Waals surface area contributed by atoms with Gasteiger partial charge >= 0.3 is 0 Å². The van der Waals surface area contributed by atoms with Crippen LogP contribution in [0.3, 0.4) is 0 Å². The van der Waals surface area contributed by atoms with E-state index >= 15 is 0 Å². The fourth-order valence-corrected chi connectivity index (χ4v) is 1.03. The van der Waals surface area contributed by atoms with Gasteiger partial charge in [0, 0.05) is 17.7 Å². The van der Waals surface area contributed by atoms with Crippen molar-refractivity contribution in [2.75, 3.05) is 0 Å². The highest BCUT2D eigenvalue weighted by atomic mass is 14.6. The Balaban J connectivity index is 3.22. The van der Waals surface area contributed by atoms with E-state index in [-0.39, 0.29) is 0 Å². The molecule has 0 bridgehead atoms. The lowest BCUT2D eigenvalue weighted by Crippen LogP contribution is -2.20. The fourth-order valence-electron chi connectivity index (χ4n) is 1.03. The van der Waals surface area contributed by atoms with Gasteiger partial charge in [0.2, 0.25) is 0 Å². The first-order valence-electron chi connectivity index (χ1n) is 4.07. The van der Waals surface area contributed by atoms with E-state index in [4.69, 9.17) is 5.73 Å². The average Bonchev–Trinajstić information content (AvgIpc) is 2.46. The molecule has 0 aliphatic rings. The SMILES string of the molecule is C=C(C)C(/C=c1/cc[nH]c1=C)=C/N. The molecule has 13 heavy (non-hydrogen) atoms. The minimum absolute atomic E-state index is 0.889. The molecule has 0 saturated carbocycles. The zero-order chi connectivity index (χ0) is 9.84. The van der Waals surface area contributed by atoms with Gasteiger partial charge in [-0.15, -0.1) is 0 Å². The number of hydrogen-bond donors (Lipinski definition) is 2. The minimum atomic E-state index is 0.889. The first kappa shape index (κ1) is 9.39. The Bertz CT molecular complexity index is 435. The van der Waals surface area contributed by atoms with Crippen LogP contribution in [-0.2, 0) is 0 Å². The quantitative estimate of drug-likeness (QED) is 0.634. The summed E-state index contributed by atoms with van der Waals surface area (Å²) in [6, 6.07) is 1.95. The molecule has 0 unspecified atom stereocenters. The molecule has 3 N–H and O–H groups in total. The molecule has 0 spiro atoms. The number of hydrogen-bond acceptors (Lipinski definition) is 1. The molecule has 0 aromatic carbocycles. The Morgan fingerprint density at radius 1 is 1.62 bits per heavy atom. The lowest BCUT2D eigenvalue weighted by molar-refractivity contribution is 1.32. The Morgan fingerprint density at radius 3 is 2.69 bits per heavy atom. The zero-order valence-corrected chi connectivity index (χ0v) is 7.80. The van der Waals surface area contributed by atoms with E-state index < -0.39 is 0 Å². The van der Waals surface area contributed by atoms with E-state index in [1.165, 1.54) is 0 Å². The molecule has 0 saturated heterocycles. The summed E-state index contributed by atoms with van der Waals surface area (Å²) in [6.07, 6.45) is 5.36. The molecule has 0 amide bonds. The molecule has 1 aromatic rings. The molecule has 1 heterocycles. The van der Waals surface area contributed by atoms with Gasteiger partial charge in [0.1, 0.15) is 0 Å². The number of allylic oxidation sites excluding steroid dienone is 2. The highest BCUT2D eigenvalue weighted by Crippen LogP contribution is 2.05. The molecule has 1 aromatic heterocycles. The van der Waals surface area contributed by atoms with E-state index in [0.29, 0.717) is 0 Å². The van der Waals surface area contributed by atoms with Crippen LogP contribution in [0.4, 0.5) is 0 Å². The van der Waals surface area contributed by atoms with Crippen molar-refractivity contribution >= 4 is 12.7 Å². The second kappa shape index (κ2) is 3.81. The second-order valence-electron chi connectivity index (χ2n) is 2.96. The third-order valence-corrected chi connectivity index (χ3v) is 1.85. The summed E-state index contributed by atoms with van der Waals surface area (Å²) in [5.41, 5.74) is 7.34. The van der Waals surface area contributed by atoms with Crippen LogP contribution in [0.25, 0.3) is 12.7 Å². The normalized spacial score (nSPS) is 13.3. The van der Waals surface area contributed by atoms with Crippen LogP contribution in [0.1, 0.15) is 6.92 Å². The summed E-state index contributed by atoms with van der Waals surface area (Å²) >= 11 is 0. The number of aromatic nitrogens is 1. The molecular weight excluding hydrogens is 160 g/mol. The van der Waals surface area contributed by atoms with Crippen molar-refractivity contribution in [3.8, 4) is 0 Å². The van der Waals surface area contributed by atoms with Gasteiger partial charge in [0.15, 0.2) is 0 Å². The van der Waals surface area contributed by atoms with Crippen molar-refractivity contribution in [3.63, 3.8) is 0 Å². The number of aromatic amines is 1. The van der Waals surface area contributed by atoms with Gasteiger partial charge in [-0.2, -0.15) is 0 Å². The van der Waals surface area contributed by atoms with Gasteiger partial charge in [-0.1, -0.05) is 13.2 Å². The van der Waals surface area contributed by atoms with Crippen LogP contribution in [0.2, 0.25) is 0 Å². The number of nitrogens with two attached hydrogens (primary N) is 1.